The fourth-order valence-electron chi connectivity index (χ4n) is 2.13. The molecule has 2 heterocycles. The number of hydrogen-bond donors (Lipinski definition) is 2. The minimum atomic E-state index is -1.04. The molecule has 1 aromatic heterocycles. The average molecular weight is 349 g/mol. The first-order chi connectivity index (χ1) is 12.0. The highest BCUT2D eigenvalue weighted by Crippen LogP contribution is 2.24. The van der Waals surface area contributed by atoms with Crippen LogP contribution in [0.25, 0.3) is 0 Å². The number of pyridine rings is 1. The van der Waals surface area contributed by atoms with Crippen LogP contribution in [-0.2, 0) is 16.1 Å². The Hall–Kier alpha value is -3.23. The van der Waals surface area contributed by atoms with E-state index in [1.54, 1.807) is 12.1 Å². The number of alkyl carbamates (subject to hydrolysis) is 1. The quantitative estimate of drug-likeness (QED) is 0.860. The van der Waals surface area contributed by atoms with Crippen LogP contribution < -0.4 is 15.4 Å². The van der Waals surface area contributed by atoms with Gasteiger partial charge in [0, 0.05) is 24.4 Å². The molecular formula is C16H13F2N3O4. The summed E-state index contributed by atoms with van der Waals surface area (Å²) < 4.78 is 36.3. The minimum absolute atomic E-state index is 0.0457. The van der Waals surface area contributed by atoms with Crippen LogP contribution in [0, 0.1) is 11.6 Å². The summed E-state index contributed by atoms with van der Waals surface area (Å²) in [5.74, 6) is -2.24. The largest absolute Gasteiger partial charge is 0.447 e. The second-order valence-corrected chi connectivity index (χ2v) is 5.16. The van der Waals surface area contributed by atoms with Crippen molar-refractivity contribution in [2.75, 3.05) is 6.61 Å². The third-order valence-corrected chi connectivity index (χ3v) is 3.40. The lowest BCUT2D eigenvalue weighted by Crippen LogP contribution is -2.42. The average Bonchev–Trinajstić information content (AvgIpc) is 3.04. The van der Waals surface area contributed by atoms with Crippen molar-refractivity contribution in [2.45, 2.75) is 12.6 Å². The second kappa shape index (κ2) is 7.12. The van der Waals surface area contributed by atoms with Crippen molar-refractivity contribution in [1.82, 2.24) is 15.6 Å². The summed E-state index contributed by atoms with van der Waals surface area (Å²) in [6, 6.07) is 5.64. The van der Waals surface area contributed by atoms with E-state index in [-0.39, 0.29) is 24.8 Å². The molecule has 0 bridgehead atoms. The van der Waals surface area contributed by atoms with Gasteiger partial charge >= 0.3 is 6.09 Å². The molecule has 130 valence electrons. The standard InChI is InChI=1S/C16H13F2N3O4/c17-11-4-3-10(6-12(11)18)25-15-9(2-1-5-19-15)7-20-14(22)13-8-24-16(23)21-13/h1-6,13H,7-8H2,(H,20,22)(H,21,23)/t13-/m1/s1. The first-order valence-electron chi connectivity index (χ1n) is 7.31. The summed E-state index contributed by atoms with van der Waals surface area (Å²) in [6.07, 6.45) is 0.815. The molecule has 1 atom stereocenters. The number of carbonyl (C=O) groups excluding carboxylic acids is 2. The molecule has 9 heteroatoms. The van der Waals surface area contributed by atoms with Gasteiger partial charge in [0.15, 0.2) is 11.6 Å². The van der Waals surface area contributed by atoms with E-state index in [0.29, 0.717) is 5.56 Å². The highest BCUT2D eigenvalue weighted by atomic mass is 19.2. The molecule has 2 N–H and O–H groups in total. The van der Waals surface area contributed by atoms with Crippen molar-refractivity contribution in [1.29, 1.82) is 0 Å². The van der Waals surface area contributed by atoms with Crippen LogP contribution >= 0.6 is 0 Å². The molecule has 0 radical (unpaired) electrons. The lowest BCUT2D eigenvalue weighted by atomic mass is 10.2. The van der Waals surface area contributed by atoms with Crippen molar-refractivity contribution in [3.05, 3.63) is 53.7 Å². The Labute approximate surface area is 141 Å². The summed E-state index contributed by atoms with van der Waals surface area (Å²) in [5.41, 5.74) is 0.519. The van der Waals surface area contributed by atoms with E-state index in [9.17, 15) is 18.4 Å². The Balaban J connectivity index is 1.67. The number of amides is 2. The number of nitrogens with one attached hydrogen (secondary N) is 2. The normalized spacial score (nSPS) is 16.1. The van der Waals surface area contributed by atoms with Crippen LogP contribution in [0.15, 0.2) is 36.5 Å². The summed E-state index contributed by atoms with van der Waals surface area (Å²) in [5, 5.41) is 4.98. The van der Waals surface area contributed by atoms with Crippen LogP contribution in [0.1, 0.15) is 5.56 Å². The van der Waals surface area contributed by atoms with E-state index in [4.69, 9.17) is 4.74 Å². The first kappa shape index (κ1) is 16.6. The van der Waals surface area contributed by atoms with Crippen molar-refractivity contribution >= 4 is 12.0 Å². The molecular weight excluding hydrogens is 336 g/mol. The molecule has 1 aromatic carbocycles. The maximum atomic E-state index is 13.3. The monoisotopic (exact) mass is 349 g/mol. The number of rotatable bonds is 5. The summed E-state index contributed by atoms with van der Waals surface area (Å²) in [7, 11) is 0. The molecule has 25 heavy (non-hydrogen) atoms. The summed E-state index contributed by atoms with van der Waals surface area (Å²) in [6.45, 7) is 0.0218. The van der Waals surface area contributed by atoms with Crippen LogP contribution in [0.4, 0.5) is 13.6 Å². The Kier molecular flexibility index (Phi) is 4.73. The number of aromatic nitrogens is 1. The summed E-state index contributed by atoms with van der Waals surface area (Å²) >= 11 is 0. The Morgan fingerprint density at radius 2 is 2.20 bits per heavy atom. The number of cyclic esters (lactones) is 1. The first-order valence-corrected chi connectivity index (χ1v) is 7.31. The van der Waals surface area contributed by atoms with Gasteiger partial charge in [-0.15, -0.1) is 0 Å². The Morgan fingerprint density at radius 3 is 2.92 bits per heavy atom. The molecule has 2 aromatic rings. The van der Waals surface area contributed by atoms with E-state index >= 15 is 0 Å². The Bertz CT molecular complexity index is 816. The van der Waals surface area contributed by atoms with Gasteiger partial charge in [-0.3, -0.25) is 4.79 Å². The molecule has 0 spiro atoms. The lowest BCUT2D eigenvalue weighted by molar-refractivity contribution is -0.123. The minimum Gasteiger partial charge on any atom is -0.447 e. The molecule has 2 amide bonds. The van der Waals surface area contributed by atoms with Gasteiger partial charge in [-0.25, -0.2) is 18.6 Å². The van der Waals surface area contributed by atoms with Crippen molar-refractivity contribution in [2.24, 2.45) is 0 Å². The van der Waals surface area contributed by atoms with Crippen LogP contribution in [0.5, 0.6) is 11.6 Å². The molecule has 1 fully saturated rings. The zero-order chi connectivity index (χ0) is 17.8. The number of ether oxygens (including phenoxy) is 2. The third-order valence-electron chi connectivity index (χ3n) is 3.40. The summed E-state index contributed by atoms with van der Waals surface area (Å²) in [4.78, 5) is 26.9. The third kappa shape index (κ3) is 4.00. The van der Waals surface area contributed by atoms with Gasteiger partial charge in [-0.2, -0.15) is 0 Å². The highest BCUT2D eigenvalue weighted by Gasteiger charge is 2.28. The zero-order valence-corrected chi connectivity index (χ0v) is 12.8. The van der Waals surface area contributed by atoms with Gasteiger partial charge < -0.3 is 20.1 Å². The van der Waals surface area contributed by atoms with Gasteiger partial charge in [-0.1, -0.05) is 6.07 Å². The molecule has 3 rings (SSSR count). The van der Waals surface area contributed by atoms with Gasteiger partial charge in [0.1, 0.15) is 18.4 Å². The Morgan fingerprint density at radius 1 is 1.36 bits per heavy atom. The number of nitrogens with zero attached hydrogens (tertiary/aromatic N) is 1. The lowest BCUT2D eigenvalue weighted by Gasteiger charge is -2.12. The van der Waals surface area contributed by atoms with Gasteiger partial charge in [-0.05, 0) is 18.2 Å². The van der Waals surface area contributed by atoms with Crippen molar-refractivity contribution in [3.63, 3.8) is 0 Å². The predicted molar refractivity (Wildman–Crippen MR) is 80.8 cm³/mol. The molecule has 1 aliphatic heterocycles. The second-order valence-electron chi connectivity index (χ2n) is 5.16. The number of halogens is 2. The van der Waals surface area contributed by atoms with Crippen molar-refractivity contribution < 1.29 is 27.8 Å². The smallest absolute Gasteiger partial charge is 0.407 e. The van der Waals surface area contributed by atoms with Gasteiger partial charge in [0.25, 0.3) is 0 Å². The van der Waals surface area contributed by atoms with Gasteiger partial charge in [0.2, 0.25) is 11.8 Å². The van der Waals surface area contributed by atoms with E-state index in [1.165, 1.54) is 12.3 Å². The van der Waals surface area contributed by atoms with Crippen LogP contribution in [-0.4, -0.2) is 29.6 Å². The number of benzene rings is 1. The van der Waals surface area contributed by atoms with E-state index < -0.39 is 29.7 Å². The highest BCUT2D eigenvalue weighted by molar-refractivity contribution is 5.87. The fourth-order valence-corrected chi connectivity index (χ4v) is 2.13. The maximum absolute atomic E-state index is 13.3. The molecule has 7 nitrogen and oxygen atoms in total. The van der Waals surface area contributed by atoms with Gasteiger partial charge in [0.05, 0.1) is 0 Å². The van der Waals surface area contributed by atoms with E-state index in [1.807, 2.05) is 0 Å². The molecule has 0 aliphatic carbocycles. The molecule has 1 saturated heterocycles. The van der Waals surface area contributed by atoms with Crippen LogP contribution in [0.3, 0.4) is 0 Å². The zero-order valence-electron chi connectivity index (χ0n) is 12.8. The SMILES string of the molecule is O=C1N[C@@H](C(=O)NCc2cccnc2Oc2ccc(F)c(F)c2)CO1. The fraction of sp³-hybridized carbons (Fsp3) is 0.188. The predicted octanol–water partition coefficient (Wildman–Crippen LogP) is 1.88. The number of carbonyl (C=O) groups is 2. The van der Waals surface area contributed by atoms with Crippen molar-refractivity contribution in [3.8, 4) is 11.6 Å². The van der Waals surface area contributed by atoms with E-state index in [2.05, 4.69) is 20.4 Å². The number of hydrogen-bond acceptors (Lipinski definition) is 5. The maximum Gasteiger partial charge on any atom is 0.407 e. The van der Waals surface area contributed by atoms with Crippen LogP contribution in [0.2, 0.25) is 0 Å². The topological polar surface area (TPSA) is 89.6 Å². The van der Waals surface area contributed by atoms with E-state index in [0.717, 1.165) is 12.1 Å². The molecule has 0 saturated carbocycles. The molecule has 0 unspecified atom stereocenters. The molecule has 1 aliphatic rings.